The number of aryl methyl sites for hydroxylation is 1. The number of halogens is 1. The molecule has 0 saturated heterocycles. The van der Waals surface area contributed by atoms with Crippen LogP contribution in [0.3, 0.4) is 0 Å². The van der Waals surface area contributed by atoms with Crippen LogP contribution in [0, 0.1) is 6.92 Å². The summed E-state index contributed by atoms with van der Waals surface area (Å²) in [5, 5.41) is 1.77. The maximum atomic E-state index is 12.7. The SMILES string of the molecule is Cc1nc(-c2ccc(Cl)cc2)sc1C(=O)Nn1cnc2ccccc2c1=O. The third-order valence-corrected chi connectivity index (χ3v) is 5.44. The Morgan fingerprint density at radius 3 is 2.67 bits per heavy atom. The second-order valence-electron chi connectivity index (χ2n) is 5.82. The number of aromatic nitrogens is 3. The molecule has 0 aliphatic heterocycles. The van der Waals surface area contributed by atoms with E-state index in [0.29, 0.717) is 31.5 Å². The number of para-hydroxylation sites is 1. The maximum Gasteiger partial charge on any atom is 0.282 e. The minimum absolute atomic E-state index is 0.339. The summed E-state index contributed by atoms with van der Waals surface area (Å²) in [4.78, 5) is 34.3. The number of carbonyl (C=O) groups excluding carboxylic acids is 1. The van der Waals surface area contributed by atoms with Crippen molar-refractivity contribution in [2.24, 2.45) is 0 Å². The Hall–Kier alpha value is -3.03. The van der Waals surface area contributed by atoms with Crippen molar-refractivity contribution in [2.45, 2.75) is 6.92 Å². The molecule has 2 aromatic heterocycles. The van der Waals surface area contributed by atoms with Gasteiger partial charge in [0.05, 0.1) is 16.6 Å². The molecule has 0 radical (unpaired) electrons. The molecule has 27 heavy (non-hydrogen) atoms. The van der Waals surface area contributed by atoms with Crippen LogP contribution < -0.4 is 11.0 Å². The number of nitrogens with zero attached hydrogens (tertiary/aromatic N) is 3. The van der Waals surface area contributed by atoms with Crippen molar-refractivity contribution in [1.82, 2.24) is 14.6 Å². The molecule has 0 aliphatic rings. The third-order valence-electron chi connectivity index (χ3n) is 3.98. The number of rotatable bonds is 3. The fourth-order valence-electron chi connectivity index (χ4n) is 2.63. The maximum absolute atomic E-state index is 12.7. The van der Waals surface area contributed by atoms with Crippen LogP contribution in [-0.2, 0) is 0 Å². The molecule has 4 aromatic rings. The molecule has 0 aliphatic carbocycles. The second-order valence-corrected chi connectivity index (χ2v) is 7.25. The summed E-state index contributed by atoms with van der Waals surface area (Å²) in [5.74, 6) is -0.413. The number of benzene rings is 2. The van der Waals surface area contributed by atoms with E-state index in [1.165, 1.54) is 17.7 Å². The van der Waals surface area contributed by atoms with Gasteiger partial charge >= 0.3 is 0 Å². The van der Waals surface area contributed by atoms with E-state index < -0.39 is 5.91 Å². The van der Waals surface area contributed by atoms with Crippen LogP contribution >= 0.6 is 22.9 Å². The number of amides is 1. The molecule has 2 heterocycles. The highest BCUT2D eigenvalue weighted by Crippen LogP contribution is 2.28. The van der Waals surface area contributed by atoms with Gasteiger partial charge < -0.3 is 0 Å². The Kier molecular flexibility index (Phi) is 4.47. The minimum Gasteiger partial charge on any atom is -0.267 e. The topological polar surface area (TPSA) is 76.9 Å². The van der Waals surface area contributed by atoms with Crippen molar-refractivity contribution in [3.63, 3.8) is 0 Å². The normalized spacial score (nSPS) is 10.9. The van der Waals surface area contributed by atoms with Gasteiger partial charge in [0.15, 0.2) is 0 Å². The number of fused-ring (bicyclic) bond motifs is 1. The van der Waals surface area contributed by atoms with Gasteiger partial charge in [-0.3, -0.25) is 15.0 Å². The summed E-state index contributed by atoms with van der Waals surface area (Å²) in [6.07, 6.45) is 1.30. The van der Waals surface area contributed by atoms with Gasteiger partial charge in [0, 0.05) is 10.6 Å². The Morgan fingerprint density at radius 2 is 1.89 bits per heavy atom. The highest BCUT2D eigenvalue weighted by Gasteiger charge is 2.17. The first kappa shape index (κ1) is 17.4. The lowest BCUT2D eigenvalue weighted by molar-refractivity contribution is 0.101. The monoisotopic (exact) mass is 396 g/mol. The number of thiazole rings is 1. The molecule has 8 heteroatoms. The largest absolute Gasteiger partial charge is 0.282 e. The predicted octanol–water partition coefficient (Wildman–Crippen LogP) is 3.87. The Labute approximate surface area is 163 Å². The van der Waals surface area contributed by atoms with Crippen molar-refractivity contribution >= 4 is 39.7 Å². The van der Waals surface area contributed by atoms with Gasteiger partial charge in [0.2, 0.25) is 0 Å². The van der Waals surface area contributed by atoms with Crippen molar-refractivity contribution in [1.29, 1.82) is 0 Å². The van der Waals surface area contributed by atoms with Crippen LogP contribution in [0.5, 0.6) is 0 Å². The van der Waals surface area contributed by atoms with Crippen LogP contribution in [0.2, 0.25) is 5.02 Å². The molecule has 6 nitrogen and oxygen atoms in total. The van der Waals surface area contributed by atoms with Crippen molar-refractivity contribution in [3.05, 3.63) is 80.8 Å². The van der Waals surface area contributed by atoms with Gasteiger partial charge in [-0.1, -0.05) is 35.9 Å². The molecule has 0 atom stereocenters. The van der Waals surface area contributed by atoms with Gasteiger partial charge in [0.1, 0.15) is 16.2 Å². The number of hydrogen-bond donors (Lipinski definition) is 1. The molecule has 2 aromatic carbocycles. The molecule has 1 N–H and O–H groups in total. The molecular formula is C19H13ClN4O2S. The molecular weight excluding hydrogens is 384 g/mol. The average Bonchev–Trinajstić information content (AvgIpc) is 3.06. The van der Waals surface area contributed by atoms with E-state index in [1.54, 1.807) is 43.3 Å². The molecule has 134 valence electrons. The van der Waals surface area contributed by atoms with E-state index in [0.717, 1.165) is 10.2 Å². The van der Waals surface area contributed by atoms with Crippen LogP contribution in [0.4, 0.5) is 0 Å². The Morgan fingerprint density at radius 1 is 1.15 bits per heavy atom. The predicted molar refractivity (Wildman–Crippen MR) is 107 cm³/mol. The quantitative estimate of drug-likeness (QED) is 0.570. The summed E-state index contributed by atoms with van der Waals surface area (Å²) in [6.45, 7) is 1.76. The summed E-state index contributed by atoms with van der Waals surface area (Å²) in [6, 6.07) is 14.2. The lowest BCUT2D eigenvalue weighted by Gasteiger charge is -2.07. The van der Waals surface area contributed by atoms with E-state index in [-0.39, 0.29) is 5.56 Å². The summed E-state index contributed by atoms with van der Waals surface area (Å²) in [7, 11) is 0. The zero-order chi connectivity index (χ0) is 19.0. The first-order chi connectivity index (χ1) is 13.0. The molecule has 4 rings (SSSR count). The van der Waals surface area contributed by atoms with Crippen LogP contribution in [-0.4, -0.2) is 20.6 Å². The average molecular weight is 397 g/mol. The first-order valence-corrected chi connectivity index (χ1v) is 9.23. The number of carbonyl (C=O) groups is 1. The fourth-order valence-corrected chi connectivity index (χ4v) is 3.72. The molecule has 0 bridgehead atoms. The molecule has 0 spiro atoms. The summed E-state index contributed by atoms with van der Waals surface area (Å²) >= 11 is 7.17. The molecule has 0 fully saturated rings. The van der Waals surface area contributed by atoms with Crippen molar-refractivity contribution in [3.8, 4) is 10.6 Å². The van der Waals surface area contributed by atoms with E-state index in [9.17, 15) is 9.59 Å². The van der Waals surface area contributed by atoms with E-state index in [1.807, 2.05) is 12.1 Å². The zero-order valence-corrected chi connectivity index (χ0v) is 15.7. The molecule has 0 unspecified atom stereocenters. The minimum atomic E-state index is -0.413. The van der Waals surface area contributed by atoms with Crippen molar-refractivity contribution in [2.75, 3.05) is 5.43 Å². The lowest BCUT2D eigenvalue weighted by Crippen LogP contribution is -2.33. The summed E-state index contributed by atoms with van der Waals surface area (Å²) < 4.78 is 1.09. The van der Waals surface area contributed by atoms with Gasteiger partial charge in [-0.25, -0.2) is 14.6 Å². The van der Waals surface area contributed by atoms with Crippen LogP contribution in [0.25, 0.3) is 21.5 Å². The van der Waals surface area contributed by atoms with Gasteiger partial charge in [-0.15, -0.1) is 11.3 Å². The van der Waals surface area contributed by atoms with E-state index in [4.69, 9.17) is 11.6 Å². The van der Waals surface area contributed by atoms with E-state index >= 15 is 0 Å². The van der Waals surface area contributed by atoms with Crippen molar-refractivity contribution < 1.29 is 4.79 Å². The Bertz CT molecular complexity index is 1210. The highest BCUT2D eigenvalue weighted by molar-refractivity contribution is 7.17. The molecule has 1 amide bonds. The van der Waals surface area contributed by atoms with Crippen LogP contribution in [0.1, 0.15) is 15.4 Å². The summed E-state index contributed by atoms with van der Waals surface area (Å²) in [5.41, 5.74) is 4.28. The lowest BCUT2D eigenvalue weighted by atomic mass is 10.2. The number of hydrogen-bond acceptors (Lipinski definition) is 5. The first-order valence-electron chi connectivity index (χ1n) is 8.04. The third kappa shape index (κ3) is 3.34. The molecule has 0 saturated carbocycles. The zero-order valence-electron chi connectivity index (χ0n) is 14.1. The smallest absolute Gasteiger partial charge is 0.267 e. The van der Waals surface area contributed by atoms with Gasteiger partial charge in [-0.05, 0) is 31.2 Å². The second kappa shape index (κ2) is 6.94. The number of nitrogens with one attached hydrogen (secondary N) is 1. The standard InChI is InChI=1S/C19H13ClN4O2S/c1-11-16(27-18(22-11)12-6-8-13(20)9-7-12)17(25)23-24-10-21-15-5-3-2-4-14(15)19(24)26/h2-10H,1H3,(H,23,25). The van der Waals surface area contributed by atoms with Gasteiger partial charge in [0.25, 0.3) is 11.5 Å². The Balaban J connectivity index is 1.65. The fraction of sp³-hybridized carbons (Fsp3) is 0.0526. The van der Waals surface area contributed by atoms with Gasteiger partial charge in [-0.2, -0.15) is 0 Å². The van der Waals surface area contributed by atoms with E-state index in [2.05, 4.69) is 15.4 Å². The van der Waals surface area contributed by atoms with Crippen LogP contribution in [0.15, 0.2) is 59.7 Å². The highest BCUT2D eigenvalue weighted by atomic mass is 35.5.